The monoisotopic (exact) mass is 373 g/mol. The van der Waals surface area contributed by atoms with Gasteiger partial charge in [-0.25, -0.2) is 0 Å². The smallest absolute Gasteiger partial charge is 0.466 e. The molecule has 0 saturated heterocycles. The zero-order chi connectivity index (χ0) is 20.5. The lowest BCUT2D eigenvalue weighted by atomic mass is 9.83. The molecule has 5 N–H and O–H groups in total. The van der Waals surface area contributed by atoms with Gasteiger partial charge in [-0.3, -0.25) is 9.59 Å². The summed E-state index contributed by atoms with van der Waals surface area (Å²) < 4.78 is 6.24. The number of aryl methyl sites for hydroxylation is 1. The van der Waals surface area contributed by atoms with Crippen molar-refractivity contribution in [1.82, 2.24) is 4.57 Å². The molecule has 10 heteroatoms. The molecule has 0 fully saturated rings. The maximum absolute atomic E-state index is 11.8. The fourth-order valence-electron chi connectivity index (χ4n) is 1.92. The van der Waals surface area contributed by atoms with Crippen LogP contribution in [0.5, 0.6) is 0 Å². The van der Waals surface area contributed by atoms with Gasteiger partial charge in [0.2, 0.25) is 0 Å². The highest BCUT2D eigenvalue weighted by atomic mass is 16.5. The Morgan fingerprint density at radius 1 is 1.19 bits per heavy atom. The first-order valence-corrected chi connectivity index (χ1v) is 8.14. The second-order valence-corrected chi connectivity index (χ2v) is 6.48. The molecular weight excluding hydrogens is 345 g/mol. The van der Waals surface area contributed by atoms with Gasteiger partial charge in [0.15, 0.2) is 0 Å². The van der Waals surface area contributed by atoms with Crippen molar-refractivity contribution in [2.75, 3.05) is 6.61 Å². The number of nitrogens with zero attached hydrogens (tertiary/aromatic N) is 1. The van der Waals surface area contributed by atoms with Crippen LogP contribution in [0.1, 0.15) is 39.7 Å². The Hall–Kier alpha value is -1.72. The molecule has 1 aromatic rings. The number of aliphatic hydroxyl groups is 2. The maximum Gasteiger partial charge on any atom is 0.631 e. The zero-order valence-corrected chi connectivity index (χ0v) is 15.5. The molecule has 0 aromatic carbocycles. The summed E-state index contributed by atoms with van der Waals surface area (Å²) in [7, 11) is -2.17. The van der Waals surface area contributed by atoms with Gasteiger partial charge < -0.3 is 34.6 Å². The highest BCUT2D eigenvalue weighted by Crippen LogP contribution is 2.25. The molecule has 0 spiro atoms. The molecule has 1 heterocycles. The second kappa shape index (κ2) is 10.4. The molecule has 0 aliphatic heterocycles. The molecule has 1 unspecified atom stereocenters. The molecule has 0 radical (unpaired) electrons. The van der Waals surface area contributed by atoms with Gasteiger partial charge in [-0.1, -0.05) is 6.07 Å². The largest absolute Gasteiger partial charge is 0.631 e. The summed E-state index contributed by atoms with van der Waals surface area (Å²) >= 11 is 0. The summed E-state index contributed by atoms with van der Waals surface area (Å²) in [5.41, 5.74) is -2.14. The Balaban J connectivity index is 0.00000141. The van der Waals surface area contributed by atoms with Crippen LogP contribution in [0.3, 0.4) is 0 Å². The lowest BCUT2D eigenvalue weighted by Gasteiger charge is -2.35. The lowest BCUT2D eigenvalue weighted by molar-refractivity contribution is -0.143. The number of hydrogen-bond acceptors (Lipinski definition) is 8. The first kappa shape index (κ1) is 24.3. The average molecular weight is 373 g/mol. The van der Waals surface area contributed by atoms with E-state index in [0.29, 0.717) is 12.2 Å². The van der Waals surface area contributed by atoms with Gasteiger partial charge >= 0.3 is 13.3 Å². The van der Waals surface area contributed by atoms with Crippen LogP contribution in [0.25, 0.3) is 0 Å². The number of pyridine rings is 1. The molecule has 0 amide bonds. The molecule has 0 aliphatic rings. The van der Waals surface area contributed by atoms with Crippen LogP contribution >= 0.6 is 0 Å². The maximum atomic E-state index is 11.8. The van der Waals surface area contributed by atoms with Crippen LogP contribution in [0.4, 0.5) is 0 Å². The van der Waals surface area contributed by atoms with Crippen LogP contribution in [0.15, 0.2) is 23.1 Å². The van der Waals surface area contributed by atoms with Crippen molar-refractivity contribution in [1.29, 1.82) is 0 Å². The first-order chi connectivity index (χ1) is 11.8. The highest BCUT2D eigenvalue weighted by Gasteiger charge is 2.37. The Bertz CT molecular complexity index is 619. The van der Waals surface area contributed by atoms with E-state index in [-0.39, 0.29) is 30.9 Å². The first-order valence-electron chi connectivity index (χ1n) is 8.14. The standard InChI is InChI=1S/C16H25NO5.BH3O3/c1-5-22-14(19)8-9-17-11-12(6-7-13(17)18)10-16(4,21)15(2,3)20;2-1(3)4/h6-7,11,20-21H,5,8-10H2,1-4H3;2-4H. The normalized spacial score (nSPS) is 13.3. The minimum absolute atomic E-state index is 0.110. The van der Waals surface area contributed by atoms with Gasteiger partial charge in [0, 0.05) is 25.2 Å². The lowest BCUT2D eigenvalue weighted by Crippen LogP contribution is -2.49. The van der Waals surface area contributed by atoms with Crippen LogP contribution < -0.4 is 5.56 Å². The molecular formula is C16H28BNO8. The van der Waals surface area contributed by atoms with E-state index in [9.17, 15) is 19.8 Å². The minimum atomic E-state index is -2.17. The van der Waals surface area contributed by atoms with Gasteiger partial charge in [0.1, 0.15) is 0 Å². The van der Waals surface area contributed by atoms with Gasteiger partial charge in [0.25, 0.3) is 5.56 Å². The second-order valence-electron chi connectivity index (χ2n) is 6.48. The van der Waals surface area contributed by atoms with Crippen molar-refractivity contribution >= 4 is 13.3 Å². The predicted molar refractivity (Wildman–Crippen MR) is 95.0 cm³/mol. The molecule has 26 heavy (non-hydrogen) atoms. The third-order valence-corrected chi connectivity index (χ3v) is 3.77. The number of carbonyl (C=O) groups is 1. The van der Waals surface area contributed by atoms with Crippen LogP contribution in [0.2, 0.25) is 0 Å². The number of carbonyl (C=O) groups excluding carboxylic acids is 1. The van der Waals surface area contributed by atoms with E-state index in [1.54, 1.807) is 26.1 Å². The van der Waals surface area contributed by atoms with E-state index in [4.69, 9.17) is 19.8 Å². The molecule has 0 aliphatic carbocycles. The van der Waals surface area contributed by atoms with Gasteiger partial charge in [0.05, 0.1) is 24.2 Å². The minimum Gasteiger partial charge on any atom is -0.466 e. The van der Waals surface area contributed by atoms with Crippen molar-refractivity contribution in [2.45, 2.75) is 58.3 Å². The average Bonchev–Trinajstić information content (AvgIpc) is 2.46. The number of rotatable bonds is 7. The van der Waals surface area contributed by atoms with E-state index < -0.39 is 18.5 Å². The summed E-state index contributed by atoms with van der Waals surface area (Å²) in [6.07, 6.45) is 1.90. The molecule has 1 aromatic heterocycles. The summed E-state index contributed by atoms with van der Waals surface area (Å²) in [4.78, 5) is 23.2. The highest BCUT2D eigenvalue weighted by molar-refractivity contribution is 6.30. The van der Waals surface area contributed by atoms with E-state index in [0.717, 1.165) is 0 Å². The van der Waals surface area contributed by atoms with Gasteiger partial charge in [-0.15, -0.1) is 0 Å². The SMILES string of the molecule is CCOC(=O)CCn1cc(CC(C)(O)C(C)(C)O)ccc1=O.OB(O)O. The van der Waals surface area contributed by atoms with Crippen molar-refractivity contribution in [3.05, 3.63) is 34.2 Å². The van der Waals surface area contributed by atoms with Gasteiger partial charge in [-0.2, -0.15) is 0 Å². The Morgan fingerprint density at radius 3 is 2.19 bits per heavy atom. The van der Waals surface area contributed by atoms with Crippen molar-refractivity contribution in [3.63, 3.8) is 0 Å². The van der Waals surface area contributed by atoms with Crippen molar-refractivity contribution < 1.29 is 34.8 Å². The third-order valence-electron chi connectivity index (χ3n) is 3.77. The van der Waals surface area contributed by atoms with Crippen LogP contribution in [0, 0.1) is 0 Å². The molecule has 0 saturated carbocycles. The summed E-state index contributed by atoms with van der Waals surface area (Å²) in [5, 5.41) is 41.8. The van der Waals surface area contributed by atoms with Crippen LogP contribution in [-0.4, -0.2) is 61.0 Å². The fraction of sp³-hybridized carbons (Fsp3) is 0.625. The van der Waals surface area contributed by atoms with E-state index in [1.165, 1.54) is 24.5 Å². The topological polar surface area (TPSA) is 149 Å². The quantitative estimate of drug-likeness (QED) is 0.296. The number of aromatic nitrogens is 1. The zero-order valence-electron chi connectivity index (χ0n) is 15.5. The fourth-order valence-corrected chi connectivity index (χ4v) is 1.92. The Kier molecular flexibility index (Phi) is 9.75. The summed E-state index contributed by atoms with van der Waals surface area (Å²) in [5.74, 6) is -0.358. The van der Waals surface area contributed by atoms with Crippen LogP contribution in [-0.2, 0) is 22.5 Å². The molecule has 9 nitrogen and oxygen atoms in total. The summed E-state index contributed by atoms with van der Waals surface area (Å²) in [6.45, 7) is 6.86. The van der Waals surface area contributed by atoms with Gasteiger partial charge in [-0.05, 0) is 33.3 Å². The summed E-state index contributed by atoms with van der Waals surface area (Å²) in [6, 6.07) is 3.00. The molecule has 1 rings (SSSR count). The predicted octanol–water partition coefficient (Wildman–Crippen LogP) is -1.19. The third kappa shape index (κ3) is 9.11. The van der Waals surface area contributed by atoms with E-state index in [1.807, 2.05) is 0 Å². The molecule has 148 valence electrons. The number of hydrogen-bond donors (Lipinski definition) is 5. The van der Waals surface area contributed by atoms with Crippen molar-refractivity contribution in [2.24, 2.45) is 0 Å². The Labute approximate surface area is 152 Å². The Morgan fingerprint density at radius 2 is 1.73 bits per heavy atom. The van der Waals surface area contributed by atoms with E-state index in [2.05, 4.69) is 0 Å². The number of ether oxygens (including phenoxy) is 1. The number of esters is 1. The molecule has 0 bridgehead atoms. The van der Waals surface area contributed by atoms with Crippen molar-refractivity contribution in [3.8, 4) is 0 Å². The van der Waals surface area contributed by atoms with E-state index >= 15 is 0 Å². The molecule has 1 atom stereocenters.